The Morgan fingerprint density at radius 1 is 0.742 bits per heavy atom. The van der Waals surface area contributed by atoms with Crippen LogP contribution in [0.5, 0.6) is 0 Å². The van der Waals surface area contributed by atoms with Gasteiger partial charge < -0.3 is 35.2 Å². The number of rotatable bonds is 7. The Morgan fingerprint density at radius 3 is 1.55 bits per heavy atom. The summed E-state index contributed by atoms with van der Waals surface area (Å²) >= 11 is 0. The number of β-amino-alcohol motifs (C(OH)–C–C–N with tert-alkyl or cyclic N) is 2. The summed E-state index contributed by atoms with van der Waals surface area (Å²) in [6.45, 7) is 8.63. The molecule has 3 aliphatic heterocycles. The van der Waals surface area contributed by atoms with Crippen LogP contribution in [0.4, 0.5) is 0 Å². The zero-order chi connectivity index (χ0) is 23.2. The Bertz CT molecular complexity index is 418. The molecule has 4 atom stereocenters. The van der Waals surface area contributed by atoms with Crippen molar-refractivity contribution in [2.75, 3.05) is 100.0 Å². The summed E-state index contributed by atoms with van der Waals surface area (Å²) in [6.07, 6.45) is 0.972. The smallest absolute Gasteiger partial charge is 0.0698 e. The van der Waals surface area contributed by atoms with Crippen LogP contribution in [0.2, 0.25) is 0 Å². The van der Waals surface area contributed by atoms with Crippen LogP contribution < -0.4 is 0 Å². The first-order valence-electron chi connectivity index (χ1n) is 11.4. The molecule has 0 aromatic carbocycles. The summed E-state index contributed by atoms with van der Waals surface area (Å²) in [6, 6.07) is 0.361. The van der Waals surface area contributed by atoms with E-state index in [2.05, 4.69) is 16.8 Å². The highest BCUT2D eigenvalue weighted by atomic mass is 16.5. The largest absolute Gasteiger partial charge is 0.395 e. The SMILES string of the molecule is CN1CCN(CCOCCO)CC1.CN1C[C@@H](O)C[C@@H]1CO.CN1C[C@H](O)C[C@H]1CO. The number of aliphatic hydroxyl groups is 5. The number of ether oxygens (including phenoxy) is 1. The molecule has 0 aliphatic carbocycles. The molecule has 0 saturated carbocycles. The molecule has 0 unspecified atom stereocenters. The molecule has 3 aliphatic rings. The van der Waals surface area contributed by atoms with E-state index in [0.717, 1.165) is 39.3 Å². The number of nitrogens with zero attached hydrogens (tertiary/aromatic N) is 4. The third kappa shape index (κ3) is 11.9. The average molecular weight is 451 g/mol. The van der Waals surface area contributed by atoms with Gasteiger partial charge in [0.2, 0.25) is 0 Å². The fourth-order valence-corrected chi connectivity index (χ4v) is 3.96. The van der Waals surface area contributed by atoms with Gasteiger partial charge in [-0.1, -0.05) is 0 Å². The van der Waals surface area contributed by atoms with Gasteiger partial charge in [0.05, 0.1) is 45.2 Å². The van der Waals surface area contributed by atoms with Crippen LogP contribution in [0.15, 0.2) is 0 Å². The van der Waals surface area contributed by atoms with E-state index >= 15 is 0 Å². The molecule has 10 nitrogen and oxygen atoms in total. The Balaban J connectivity index is 0.000000239. The minimum Gasteiger partial charge on any atom is -0.395 e. The first kappa shape index (κ1) is 28.6. The molecular formula is C21H46N4O6. The maximum atomic E-state index is 9.05. The molecule has 3 heterocycles. The number of aliphatic hydroxyl groups excluding tert-OH is 5. The van der Waals surface area contributed by atoms with Crippen LogP contribution in [0.1, 0.15) is 12.8 Å². The van der Waals surface area contributed by atoms with Gasteiger partial charge in [-0.3, -0.25) is 14.7 Å². The minimum absolute atomic E-state index is 0.128. The average Bonchev–Trinajstić information content (AvgIpc) is 3.26. The van der Waals surface area contributed by atoms with Gasteiger partial charge in [-0.05, 0) is 34.0 Å². The van der Waals surface area contributed by atoms with Crippen molar-refractivity contribution in [3.63, 3.8) is 0 Å². The number of piperazine rings is 1. The highest BCUT2D eigenvalue weighted by Gasteiger charge is 2.27. The van der Waals surface area contributed by atoms with Gasteiger partial charge in [0.25, 0.3) is 0 Å². The van der Waals surface area contributed by atoms with E-state index in [0.29, 0.717) is 32.5 Å². The summed E-state index contributed by atoms with van der Waals surface area (Å²) in [5, 5.41) is 44.0. The maximum Gasteiger partial charge on any atom is 0.0698 e. The van der Waals surface area contributed by atoms with Crippen molar-refractivity contribution in [3.8, 4) is 0 Å². The third-order valence-corrected chi connectivity index (χ3v) is 6.14. The summed E-state index contributed by atoms with van der Waals surface area (Å²) < 4.78 is 5.21. The number of likely N-dealkylation sites (N-methyl/N-ethyl adjacent to an activating group) is 3. The predicted octanol–water partition coefficient (Wildman–Crippen LogP) is -2.67. The molecule has 0 aromatic rings. The van der Waals surface area contributed by atoms with Crippen molar-refractivity contribution < 1.29 is 30.3 Å². The first-order valence-corrected chi connectivity index (χ1v) is 11.4. The maximum absolute atomic E-state index is 9.05. The summed E-state index contributed by atoms with van der Waals surface area (Å²) in [5.74, 6) is 0. The monoisotopic (exact) mass is 450 g/mol. The summed E-state index contributed by atoms with van der Waals surface area (Å²) in [5.41, 5.74) is 0. The van der Waals surface area contributed by atoms with Gasteiger partial charge in [0.1, 0.15) is 0 Å². The van der Waals surface area contributed by atoms with Crippen LogP contribution in [0, 0.1) is 0 Å². The highest BCUT2D eigenvalue weighted by Crippen LogP contribution is 2.14. The molecule has 0 bridgehead atoms. The predicted molar refractivity (Wildman–Crippen MR) is 120 cm³/mol. The lowest BCUT2D eigenvalue weighted by molar-refractivity contribution is 0.0613. The lowest BCUT2D eigenvalue weighted by Gasteiger charge is -2.32. The van der Waals surface area contributed by atoms with Crippen molar-refractivity contribution in [3.05, 3.63) is 0 Å². The van der Waals surface area contributed by atoms with E-state index in [1.54, 1.807) is 0 Å². The first-order chi connectivity index (χ1) is 14.8. The van der Waals surface area contributed by atoms with E-state index in [1.807, 2.05) is 23.9 Å². The lowest BCUT2D eigenvalue weighted by atomic mass is 10.2. The molecule has 3 rings (SSSR count). The third-order valence-electron chi connectivity index (χ3n) is 6.14. The molecule has 0 radical (unpaired) electrons. The molecule has 0 aromatic heterocycles. The van der Waals surface area contributed by atoms with Gasteiger partial charge in [-0.25, -0.2) is 0 Å². The molecule has 10 heteroatoms. The quantitative estimate of drug-likeness (QED) is 0.262. The fraction of sp³-hybridized carbons (Fsp3) is 1.00. The fourth-order valence-electron chi connectivity index (χ4n) is 3.96. The van der Waals surface area contributed by atoms with Crippen LogP contribution in [0.25, 0.3) is 0 Å². The molecular weight excluding hydrogens is 404 g/mol. The van der Waals surface area contributed by atoms with Crippen molar-refractivity contribution in [1.82, 2.24) is 19.6 Å². The number of hydrogen-bond donors (Lipinski definition) is 5. The van der Waals surface area contributed by atoms with Gasteiger partial charge in [0.15, 0.2) is 0 Å². The molecule has 186 valence electrons. The van der Waals surface area contributed by atoms with Gasteiger partial charge >= 0.3 is 0 Å². The number of likely N-dealkylation sites (tertiary alicyclic amines) is 2. The lowest BCUT2D eigenvalue weighted by Crippen LogP contribution is -2.45. The van der Waals surface area contributed by atoms with E-state index in [1.165, 1.54) is 0 Å². The zero-order valence-corrected chi connectivity index (χ0v) is 19.6. The van der Waals surface area contributed by atoms with Crippen molar-refractivity contribution in [2.45, 2.75) is 37.1 Å². The molecule has 3 saturated heterocycles. The Labute approximate surface area is 187 Å². The van der Waals surface area contributed by atoms with Gasteiger partial charge in [0, 0.05) is 57.9 Å². The van der Waals surface area contributed by atoms with E-state index < -0.39 is 0 Å². The van der Waals surface area contributed by atoms with Crippen LogP contribution in [-0.4, -0.2) is 169 Å². The van der Waals surface area contributed by atoms with E-state index in [-0.39, 0.29) is 44.1 Å². The summed E-state index contributed by atoms with van der Waals surface area (Å²) in [7, 11) is 5.98. The zero-order valence-electron chi connectivity index (χ0n) is 19.6. The normalized spacial score (nSPS) is 30.6. The molecule has 31 heavy (non-hydrogen) atoms. The van der Waals surface area contributed by atoms with Crippen molar-refractivity contribution in [2.24, 2.45) is 0 Å². The molecule has 0 spiro atoms. The Morgan fingerprint density at radius 2 is 1.23 bits per heavy atom. The second kappa shape index (κ2) is 16.2. The second-order valence-corrected chi connectivity index (χ2v) is 8.81. The molecule has 3 fully saturated rings. The van der Waals surface area contributed by atoms with Crippen LogP contribution in [0.3, 0.4) is 0 Å². The summed E-state index contributed by atoms with van der Waals surface area (Å²) in [4.78, 5) is 8.69. The van der Waals surface area contributed by atoms with Crippen molar-refractivity contribution in [1.29, 1.82) is 0 Å². The molecule has 0 amide bonds. The minimum atomic E-state index is -0.229. The highest BCUT2D eigenvalue weighted by molar-refractivity contribution is 4.82. The Kier molecular flexibility index (Phi) is 15.0. The number of hydrogen-bond acceptors (Lipinski definition) is 10. The second-order valence-electron chi connectivity index (χ2n) is 8.81. The van der Waals surface area contributed by atoms with E-state index in [4.69, 9.17) is 30.3 Å². The van der Waals surface area contributed by atoms with Gasteiger partial charge in [-0.15, -0.1) is 0 Å². The van der Waals surface area contributed by atoms with E-state index in [9.17, 15) is 0 Å². The topological polar surface area (TPSA) is 123 Å². The Hall–Kier alpha value is -0.400. The molecule has 5 N–H and O–H groups in total. The van der Waals surface area contributed by atoms with Crippen LogP contribution in [-0.2, 0) is 4.74 Å². The standard InChI is InChI=1S/C9H20N2O2.2C6H13NO2/c1-10-2-4-11(5-3-10)6-8-13-9-7-12;2*1-7-3-6(9)2-5(7)4-8/h12H,2-9H2,1H3;2*5-6,8-9H,2-4H2,1H3/t;2*5-,6+/m.10/s1. The van der Waals surface area contributed by atoms with Crippen LogP contribution >= 0.6 is 0 Å². The van der Waals surface area contributed by atoms with Gasteiger partial charge in [-0.2, -0.15) is 0 Å². The van der Waals surface area contributed by atoms with Crippen molar-refractivity contribution >= 4 is 0 Å².